The molecule has 0 saturated carbocycles. The van der Waals surface area contributed by atoms with Crippen LogP contribution >= 0.6 is 0 Å². The molecule has 0 fully saturated rings. The number of carbonyl (C=O) groups is 2. The lowest BCUT2D eigenvalue weighted by atomic mass is 10.0. The average Bonchev–Trinajstić information content (AvgIpc) is 3.01. The van der Waals surface area contributed by atoms with E-state index in [4.69, 9.17) is 4.74 Å². The maximum Gasteiger partial charge on any atom is 0.282 e. The van der Waals surface area contributed by atoms with E-state index in [2.05, 4.69) is 5.32 Å². The molecule has 8 heteroatoms. The van der Waals surface area contributed by atoms with Crippen molar-refractivity contribution in [2.24, 2.45) is 0 Å². The normalized spacial score (nSPS) is 13.7. The highest BCUT2D eigenvalue weighted by molar-refractivity contribution is 6.46. The van der Waals surface area contributed by atoms with Crippen LogP contribution in [0.2, 0.25) is 0 Å². The van der Waals surface area contributed by atoms with Gasteiger partial charge in [0.15, 0.2) is 11.6 Å². The maximum atomic E-state index is 13.7. The highest BCUT2D eigenvalue weighted by Gasteiger charge is 2.41. The molecule has 4 rings (SSSR count). The Hall–Kier alpha value is -4.07. The number of carbonyl (C=O) groups excluding carboxylic acids is 2. The molecule has 1 heterocycles. The van der Waals surface area contributed by atoms with Gasteiger partial charge in [-0.3, -0.25) is 9.59 Å². The number of hydrogen-bond donors (Lipinski definition) is 1. The molecule has 1 aliphatic heterocycles. The van der Waals surface area contributed by atoms with Crippen molar-refractivity contribution in [2.75, 3.05) is 17.3 Å². The number of nitrogens with one attached hydrogen (secondary N) is 1. The summed E-state index contributed by atoms with van der Waals surface area (Å²) in [5.74, 6) is -3.76. The average molecular weight is 424 g/mol. The SMILES string of the molecule is COc1ccccc1C1=C(Nc2ccc(F)c(F)c2)C(=O)N(c2ccc(F)cc2)C1=O. The molecule has 2 amide bonds. The van der Waals surface area contributed by atoms with E-state index >= 15 is 0 Å². The van der Waals surface area contributed by atoms with Gasteiger partial charge in [0, 0.05) is 17.3 Å². The van der Waals surface area contributed by atoms with E-state index in [-0.39, 0.29) is 22.6 Å². The second-order valence-corrected chi connectivity index (χ2v) is 6.63. The van der Waals surface area contributed by atoms with Crippen molar-refractivity contribution in [1.82, 2.24) is 0 Å². The van der Waals surface area contributed by atoms with Crippen molar-refractivity contribution in [3.05, 3.63) is 95.4 Å². The molecule has 156 valence electrons. The van der Waals surface area contributed by atoms with Gasteiger partial charge in [0.05, 0.1) is 18.4 Å². The number of rotatable bonds is 5. The van der Waals surface area contributed by atoms with Crippen LogP contribution in [0, 0.1) is 17.5 Å². The number of hydrogen-bond acceptors (Lipinski definition) is 4. The van der Waals surface area contributed by atoms with Crippen LogP contribution in [0.15, 0.2) is 72.4 Å². The van der Waals surface area contributed by atoms with Crippen LogP contribution in [-0.2, 0) is 9.59 Å². The molecule has 0 radical (unpaired) electrons. The van der Waals surface area contributed by atoms with Crippen molar-refractivity contribution < 1.29 is 27.5 Å². The van der Waals surface area contributed by atoms with Crippen molar-refractivity contribution in [1.29, 1.82) is 0 Å². The fourth-order valence-electron chi connectivity index (χ4n) is 3.29. The highest BCUT2D eigenvalue weighted by Crippen LogP contribution is 2.37. The molecule has 0 unspecified atom stereocenters. The molecule has 0 atom stereocenters. The van der Waals surface area contributed by atoms with Gasteiger partial charge in [0.1, 0.15) is 17.3 Å². The van der Waals surface area contributed by atoms with Gasteiger partial charge in [-0.2, -0.15) is 0 Å². The summed E-state index contributed by atoms with van der Waals surface area (Å²) in [5, 5.41) is 2.73. The van der Waals surface area contributed by atoms with Crippen molar-refractivity contribution in [3.63, 3.8) is 0 Å². The van der Waals surface area contributed by atoms with Crippen LogP contribution in [-0.4, -0.2) is 18.9 Å². The van der Waals surface area contributed by atoms with E-state index in [1.807, 2.05) is 0 Å². The summed E-state index contributed by atoms with van der Waals surface area (Å²) in [4.78, 5) is 27.4. The van der Waals surface area contributed by atoms with E-state index in [0.717, 1.165) is 29.2 Å². The smallest absolute Gasteiger partial charge is 0.282 e. The number of para-hydroxylation sites is 1. The van der Waals surface area contributed by atoms with E-state index in [9.17, 15) is 22.8 Å². The maximum absolute atomic E-state index is 13.7. The molecule has 3 aromatic rings. The minimum Gasteiger partial charge on any atom is -0.496 e. The third kappa shape index (κ3) is 3.63. The largest absolute Gasteiger partial charge is 0.496 e. The Labute approximate surface area is 175 Å². The van der Waals surface area contributed by atoms with Crippen molar-refractivity contribution in [2.45, 2.75) is 0 Å². The third-order valence-electron chi connectivity index (χ3n) is 4.73. The summed E-state index contributed by atoms with van der Waals surface area (Å²) in [6, 6.07) is 14.4. The van der Waals surface area contributed by atoms with E-state index in [1.165, 1.54) is 25.3 Å². The van der Waals surface area contributed by atoms with Crippen molar-refractivity contribution >= 4 is 28.8 Å². The molecule has 5 nitrogen and oxygen atoms in total. The van der Waals surface area contributed by atoms with Crippen molar-refractivity contribution in [3.8, 4) is 5.75 Å². The summed E-state index contributed by atoms with van der Waals surface area (Å²) >= 11 is 0. The molecular formula is C23H15F3N2O3. The van der Waals surface area contributed by atoms with Gasteiger partial charge in [-0.05, 0) is 42.5 Å². The van der Waals surface area contributed by atoms with E-state index in [0.29, 0.717) is 11.3 Å². The van der Waals surface area contributed by atoms with Crippen LogP contribution < -0.4 is 15.0 Å². The first kappa shape index (κ1) is 20.2. The van der Waals surface area contributed by atoms with Crippen LogP contribution in [0.3, 0.4) is 0 Å². The van der Waals surface area contributed by atoms with E-state index in [1.54, 1.807) is 24.3 Å². The molecule has 3 aromatic carbocycles. The molecule has 1 aliphatic rings. The zero-order valence-electron chi connectivity index (χ0n) is 16.2. The number of halogens is 3. The van der Waals surface area contributed by atoms with Crippen LogP contribution in [0.1, 0.15) is 5.56 Å². The van der Waals surface area contributed by atoms with Crippen LogP contribution in [0.25, 0.3) is 5.57 Å². The van der Waals surface area contributed by atoms with Gasteiger partial charge < -0.3 is 10.1 Å². The Morgan fingerprint density at radius 3 is 2.23 bits per heavy atom. The highest BCUT2D eigenvalue weighted by atomic mass is 19.2. The first-order valence-corrected chi connectivity index (χ1v) is 9.15. The molecule has 0 aliphatic carbocycles. The quantitative estimate of drug-likeness (QED) is 0.613. The Bertz CT molecular complexity index is 1220. The Kier molecular flexibility index (Phi) is 5.21. The van der Waals surface area contributed by atoms with Gasteiger partial charge in [-0.25, -0.2) is 18.1 Å². The molecule has 0 spiro atoms. The summed E-state index contributed by atoms with van der Waals surface area (Å²) in [7, 11) is 1.42. The lowest BCUT2D eigenvalue weighted by Crippen LogP contribution is -2.32. The van der Waals surface area contributed by atoms with Gasteiger partial charge in [-0.1, -0.05) is 18.2 Å². The number of amides is 2. The predicted molar refractivity (Wildman–Crippen MR) is 109 cm³/mol. The Balaban J connectivity index is 1.86. The first-order chi connectivity index (χ1) is 14.9. The second kappa shape index (κ2) is 7.98. The van der Waals surface area contributed by atoms with Crippen LogP contribution in [0.4, 0.5) is 24.5 Å². The zero-order chi connectivity index (χ0) is 22.1. The standard InChI is InChI=1S/C23H15F3N2O3/c1-31-19-5-3-2-4-16(19)20-21(27-14-8-11-17(25)18(26)12-14)23(30)28(22(20)29)15-9-6-13(24)7-10-15/h2-12,27H,1H3. The van der Waals surface area contributed by atoms with Gasteiger partial charge >= 0.3 is 0 Å². The summed E-state index contributed by atoms with van der Waals surface area (Å²) in [6.07, 6.45) is 0. The minimum atomic E-state index is -1.11. The van der Waals surface area contributed by atoms with Gasteiger partial charge in [0.2, 0.25) is 0 Å². The number of benzene rings is 3. The predicted octanol–water partition coefficient (Wildman–Crippen LogP) is 4.51. The Morgan fingerprint density at radius 1 is 0.839 bits per heavy atom. The topological polar surface area (TPSA) is 58.6 Å². The van der Waals surface area contributed by atoms with E-state index < -0.39 is 29.3 Å². The molecular weight excluding hydrogens is 409 g/mol. The summed E-state index contributed by atoms with van der Waals surface area (Å²) in [6.45, 7) is 0. The van der Waals surface area contributed by atoms with Gasteiger partial charge in [-0.15, -0.1) is 0 Å². The molecule has 0 bridgehead atoms. The number of ether oxygens (including phenoxy) is 1. The first-order valence-electron chi connectivity index (χ1n) is 9.15. The molecule has 0 saturated heterocycles. The summed E-state index contributed by atoms with van der Waals surface area (Å²) < 4.78 is 45.7. The molecule has 0 aromatic heterocycles. The lowest BCUT2D eigenvalue weighted by molar-refractivity contribution is -0.120. The fraction of sp³-hybridized carbons (Fsp3) is 0.0435. The molecule has 1 N–H and O–H groups in total. The zero-order valence-corrected chi connectivity index (χ0v) is 16.2. The lowest BCUT2D eigenvalue weighted by Gasteiger charge is -2.15. The number of methoxy groups -OCH3 is 1. The number of imide groups is 1. The minimum absolute atomic E-state index is 0.0171. The van der Waals surface area contributed by atoms with Crippen LogP contribution in [0.5, 0.6) is 5.75 Å². The number of anilines is 2. The fourth-order valence-corrected chi connectivity index (χ4v) is 3.29. The molecule has 31 heavy (non-hydrogen) atoms. The second-order valence-electron chi connectivity index (χ2n) is 6.63. The summed E-state index contributed by atoms with van der Waals surface area (Å²) in [5.41, 5.74) is 0.397. The monoisotopic (exact) mass is 424 g/mol. The number of nitrogens with zero attached hydrogens (tertiary/aromatic N) is 1. The Morgan fingerprint density at radius 2 is 1.55 bits per heavy atom. The third-order valence-corrected chi connectivity index (χ3v) is 4.73. The van der Waals surface area contributed by atoms with Gasteiger partial charge in [0.25, 0.3) is 11.8 Å².